The summed E-state index contributed by atoms with van der Waals surface area (Å²) in [5.74, 6) is -0.186. The first-order valence-corrected chi connectivity index (χ1v) is 8.87. The monoisotopic (exact) mass is 347 g/mol. The van der Waals surface area contributed by atoms with Gasteiger partial charge in [0.1, 0.15) is 0 Å². The normalized spacial score (nSPS) is 13.6. The van der Waals surface area contributed by atoms with Crippen molar-refractivity contribution in [3.63, 3.8) is 0 Å². The molecule has 26 heavy (non-hydrogen) atoms. The lowest BCUT2D eigenvalue weighted by atomic mass is 10.1. The molecule has 1 heterocycles. The molecule has 5 heteroatoms. The number of nitrogens with one attached hydrogen (secondary N) is 3. The highest BCUT2D eigenvalue weighted by Crippen LogP contribution is 2.23. The number of benzene rings is 2. The number of carbonyl (C=O) groups excluding carboxylic acids is 2. The third-order valence-corrected chi connectivity index (χ3v) is 4.69. The molecule has 1 aromatic heterocycles. The Kier molecular flexibility index (Phi) is 4.21. The van der Waals surface area contributed by atoms with E-state index in [-0.39, 0.29) is 18.2 Å². The zero-order valence-corrected chi connectivity index (χ0v) is 14.6. The zero-order chi connectivity index (χ0) is 18.1. The van der Waals surface area contributed by atoms with E-state index < -0.39 is 0 Å². The van der Waals surface area contributed by atoms with Gasteiger partial charge in [0.2, 0.25) is 5.91 Å². The molecule has 0 aliphatic heterocycles. The molecule has 1 saturated carbocycles. The van der Waals surface area contributed by atoms with Crippen molar-refractivity contribution >= 4 is 28.4 Å². The molecule has 4 rings (SSSR count). The second kappa shape index (κ2) is 6.67. The number of aromatic amines is 1. The topological polar surface area (TPSA) is 74.0 Å². The van der Waals surface area contributed by atoms with E-state index in [1.807, 2.05) is 31.2 Å². The fourth-order valence-electron chi connectivity index (χ4n) is 3.16. The van der Waals surface area contributed by atoms with Crippen LogP contribution in [0.3, 0.4) is 0 Å². The summed E-state index contributed by atoms with van der Waals surface area (Å²) in [6, 6.07) is 15.3. The van der Waals surface area contributed by atoms with Gasteiger partial charge in [0, 0.05) is 33.9 Å². The molecule has 0 atom stereocenters. The van der Waals surface area contributed by atoms with Crippen molar-refractivity contribution in [2.24, 2.45) is 0 Å². The molecule has 1 aliphatic carbocycles. The number of aryl methyl sites for hydroxylation is 1. The number of rotatable bonds is 5. The minimum atomic E-state index is -0.0994. The Labute approximate surface area is 151 Å². The van der Waals surface area contributed by atoms with Crippen molar-refractivity contribution in [3.8, 4) is 0 Å². The largest absolute Gasteiger partial charge is 0.358 e. The summed E-state index contributed by atoms with van der Waals surface area (Å²) in [5.41, 5.74) is 4.24. The lowest BCUT2D eigenvalue weighted by molar-refractivity contribution is -0.115. The minimum Gasteiger partial charge on any atom is -0.358 e. The number of anilines is 1. The Morgan fingerprint density at radius 1 is 1.12 bits per heavy atom. The zero-order valence-electron chi connectivity index (χ0n) is 14.6. The Morgan fingerprint density at radius 3 is 2.73 bits per heavy atom. The number of fused-ring (bicyclic) bond motifs is 1. The summed E-state index contributed by atoms with van der Waals surface area (Å²) in [6.45, 7) is 1.98. The molecular formula is C21H21N3O2. The summed E-state index contributed by atoms with van der Waals surface area (Å²) < 4.78 is 0. The molecule has 0 spiro atoms. The van der Waals surface area contributed by atoms with Gasteiger partial charge in [-0.05, 0) is 49.6 Å². The van der Waals surface area contributed by atoms with Crippen LogP contribution in [0.2, 0.25) is 0 Å². The third-order valence-electron chi connectivity index (χ3n) is 4.69. The van der Waals surface area contributed by atoms with Crippen LogP contribution in [0, 0.1) is 6.92 Å². The first-order chi connectivity index (χ1) is 12.6. The lowest BCUT2D eigenvalue weighted by Gasteiger charge is -2.08. The first-order valence-electron chi connectivity index (χ1n) is 8.87. The van der Waals surface area contributed by atoms with Crippen molar-refractivity contribution in [3.05, 3.63) is 65.4 Å². The van der Waals surface area contributed by atoms with E-state index >= 15 is 0 Å². The maximum absolute atomic E-state index is 12.5. The molecular weight excluding hydrogens is 326 g/mol. The average Bonchev–Trinajstić information content (AvgIpc) is 3.39. The Morgan fingerprint density at radius 2 is 1.92 bits per heavy atom. The molecule has 3 aromatic rings. The minimum absolute atomic E-state index is 0.0870. The van der Waals surface area contributed by atoms with Crippen LogP contribution < -0.4 is 10.6 Å². The first kappa shape index (κ1) is 16.4. The van der Waals surface area contributed by atoms with E-state index in [9.17, 15) is 9.59 Å². The highest BCUT2D eigenvalue weighted by molar-refractivity contribution is 5.99. The van der Waals surface area contributed by atoms with Gasteiger partial charge in [0.25, 0.3) is 5.91 Å². The second-order valence-corrected chi connectivity index (χ2v) is 6.83. The van der Waals surface area contributed by atoms with Gasteiger partial charge in [0.05, 0.1) is 6.42 Å². The maximum Gasteiger partial charge on any atom is 0.251 e. The number of hydrogen-bond acceptors (Lipinski definition) is 2. The summed E-state index contributed by atoms with van der Waals surface area (Å²) in [6.07, 6.45) is 2.38. The van der Waals surface area contributed by atoms with E-state index in [4.69, 9.17) is 0 Å². The molecule has 1 fully saturated rings. The molecule has 0 bridgehead atoms. The van der Waals surface area contributed by atoms with Crippen molar-refractivity contribution in [1.29, 1.82) is 0 Å². The third kappa shape index (κ3) is 3.47. The summed E-state index contributed by atoms with van der Waals surface area (Å²) in [4.78, 5) is 28.0. The fourth-order valence-corrected chi connectivity index (χ4v) is 3.16. The van der Waals surface area contributed by atoms with Gasteiger partial charge in [-0.15, -0.1) is 0 Å². The number of amides is 2. The molecule has 2 amide bonds. The van der Waals surface area contributed by atoms with Gasteiger partial charge < -0.3 is 15.6 Å². The van der Waals surface area contributed by atoms with Crippen LogP contribution >= 0.6 is 0 Å². The number of para-hydroxylation sites is 1. The van der Waals surface area contributed by atoms with Crippen LogP contribution in [-0.2, 0) is 11.2 Å². The van der Waals surface area contributed by atoms with E-state index in [0.29, 0.717) is 17.3 Å². The van der Waals surface area contributed by atoms with E-state index in [1.165, 1.54) is 0 Å². The number of carbonyl (C=O) groups is 2. The van der Waals surface area contributed by atoms with Gasteiger partial charge in [-0.25, -0.2) is 0 Å². The highest BCUT2D eigenvalue weighted by Gasteiger charge is 2.23. The van der Waals surface area contributed by atoms with Crippen LogP contribution in [0.25, 0.3) is 10.9 Å². The molecule has 3 N–H and O–H groups in total. The van der Waals surface area contributed by atoms with Crippen molar-refractivity contribution < 1.29 is 9.59 Å². The molecule has 1 aliphatic rings. The van der Waals surface area contributed by atoms with E-state index in [2.05, 4.69) is 15.6 Å². The number of hydrogen-bond donors (Lipinski definition) is 3. The van der Waals surface area contributed by atoms with Crippen LogP contribution in [-0.4, -0.2) is 22.8 Å². The van der Waals surface area contributed by atoms with Gasteiger partial charge in [-0.3, -0.25) is 9.59 Å². The van der Waals surface area contributed by atoms with Crippen molar-refractivity contribution in [1.82, 2.24) is 10.3 Å². The summed E-state index contributed by atoms with van der Waals surface area (Å²) in [5, 5.41) is 6.93. The molecule has 132 valence electrons. The number of aromatic nitrogens is 1. The molecule has 2 aromatic carbocycles. The van der Waals surface area contributed by atoms with Crippen LogP contribution in [0.5, 0.6) is 0 Å². The van der Waals surface area contributed by atoms with Gasteiger partial charge in [-0.2, -0.15) is 0 Å². The van der Waals surface area contributed by atoms with Gasteiger partial charge in [0.15, 0.2) is 0 Å². The molecule has 0 radical (unpaired) electrons. The SMILES string of the molecule is Cc1[nH]c2ccccc2c1CC(=O)Nc1cccc(C(=O)NC2CC2)c1. The standard InChI is InChI=1S/C21H21N3O2/c1-13-18(17-7-2-3-8-19(17)22-13)12-20(25)23-16-6-4-5-14(11-16)21(26)24-15-9-10-15/h2-8,11,15,22H,9-10,12H2,1H3,(H,23,25)(H,24,26). The Bertz CT molecular complexity index is 986. The molecule has 5 nitrogen and oxygen atoms in total. The van der Waals surface area contributed by atoms with Crippen molar-refractivity contribution in [2.75, 3.05) is 5.32 Å². The predicted molar refractivity (Wildman–Crippen MR) is 102 cm³/mol. The van der Waals surface area contributed by atoms with E-state index in [1.54, 1.807) is 24.3 Å². The predicted octanol–water partition coefficient (Wildman–Crippen LogP) is 3.55. The van der Waals surface area contributed by atoms with Gasteiger partial charge in [-0.1, -0.05) is 24.3 Å². The average molecular weight is 347 g/mol. The van der Waals surface area contributed by atoms with Gasteiger partial charge >= 0.3 is 0 Å². The van der Waals surface area contributed by atoms with Crippen LogP contribution in [0.15, 0.2) is 48.5 Å². The fraction of sp³-hybridized carbons (Fsp3) is 0.238. The quantitative estimate of drug-likeness (QED) is 0.660. The van der Waals surface area contributed by atoms with Crippen LogP contribution in [0.4, 0.5) is 5.69 Å². The summed E-state index contributed by atoms with van der Waals surface area (Å²) in [7, 11) is 0. The van der Waals surface area contributed by atoms with Crippen molar-refractivity contribution in [2.45, 2.75) is 32.2 Å². The van der Waals surface area contributed by atoms with E-state index in [0.717, 1.165) is 35.0 Å². The smallest absolute Gasteiger partial charge is 0.251 e. The molecule has 0 unspecified atom stereocenters. The highest BCUT2D eigenvalue weighted by atomic mass is 16.2. The van der Waals surface area contributed by atoms with Crippen LogP contribution in [0.1, 0.15) is 34.5 Å². The Balaban J connectivity index is 1.47. The number of H-pyrrole nitrogens is 1. The maximum atomic E-state index is 12.5. The lowest BCUT2D eigenvalue weighted by Crippen LogP contribution is -2.25. The molecule has 0 saturated heterocycles. The Hall–Kier alpha value is -3.08. The second-order valence-electron chi connectivity index (χ2n) is 6.83. The summed E-state index contributed by atoms with van der Waals surface area (Å²) >= 11 is 0.